The van der Waals surface area contributed by atoms with E-state index >= 15 is 0 Å². The highest BCUT2D eigenvalue weighted by Gasteiger charge is 2.31. The van der Waals surface area contributed by atoms with Gasteiger partial charge in [-0.15, -0.1) is 0 Å². The SMILES string of the molecule is C.CCC1COC(C)(C)OC1.CCCC1COC(C)(C)O1. The monoisotopic (exact) mass is 304 g/mol. The van der Waals surface area contributed by atoms with Crippen molar-refractivity contribution in [1.29, 1.82) is 0 Å². The Bertz CT molecular complexity index is 264. The number of hydrogen-bond donors (Lipinski definition) is 0. The molecule has 2 saturated heterocycles. The summed E-state index contributed by atoms with van der Waals surface area (Å²) in [5, 5.41) is 0. The van der Waals surface area contributed by atoms with E-state index in [1.807, 2.05) is 27.7 Å². The molecule has 4 heteroatoms. The summed E-state index contributed by atoms with van der Waals surface area (Å²) in [5.74, 6) is -0.0704. The lowest BCUT2D eigenvalue weighted by atomic mass is 10.1. The molecule has 4 nitrogen and oxygen atoms in total. The van der Waals surface area contributed by atoms with E-state index in [1.165, 1.54) is 6.42 Å². The van der Waals surface area contributed by atoms with Gasteiger partial charge < -0.3 is 18.9 Å². The minimum Gasteiger partial charge on any atom is -0.350 e. The number of hydrogen-bond acceptors (Lipinski definition) is 4. The zero-order valence-electron chi connectivity index (χ0n) is 14.0. The average molecular weight is 304 g/mol. The van der Waals surface area contributed by atoms with E-state index < -0.39 is 0 Å². The number of rotatable bonds is 3. The lowest BCUT2D eigenvalue weighted by Gasteiger charge is -2.34. The lowest BCUT2D eigenvalue weighted by molar-refractivity contribution is -0.262. The zero-order chi connectivity index (χ0) is 15.2. The standard InChI is InChI=1S/2C8H16O2.CH4/c1-4-7-5-9-8(2,3)10-6-7;1-4-5-7-6-9-8(2,3)10-7;/h2*7H,4-6H2,1-3H3;1H4. The first kappa shape index (κ1) is 20.8. The van der Waals surface area contributed by atoms with Gasteiger partial charge in [-0.25, -0.2) is 0 Å². The molecule has 0 aromatic rings. The van der Waals surface area contributed by atoms with Gasteiger partial charge in [-0.05, 0) is 40.5 Å². The van der Waals surface area contributed by atoms with Crippen molar-refractivity contribution in [3.8, 4) is 0 Å². The third-order valence-electron chi connectivity index (χ3n) is 3.59. The molecule has 0 radical (unpaired) electrons. The van der Waals surface area contributed by atoms with Crippen LogP contribution in [0.1, 0.15) is 68.2 Å². The third-order valence-corrected chi connectivity index (χ3v) is 3.59. The highest BCUT2D eigenvalue weighted by molar-refractivity contribution is 4.69. The maximum absolute atomic E-state index is 5.57. The summed E-state index contributed by atoms with van der Waals surface area (Å²) < 4.78 is 21.8. The molecule has 2 heterocycles. The second kappa shape index (κ2) is 9.09. The fraction of sp³-hybridized carbons (Fsp3) is 1.00. The summed E-state index contributed by atoms with van der Waals surface area (Å²) in [5.41, 5.74) is 0. The van der Waals surface area contributed by atoms with Crippen molar-refractivity contribution in [2.75, 3.05) is 19.8 Å². The Morgan fingerprint density at radius 2 is 1.38 bits per heavy atom. The predicted octanol–water partition coefficient (Wildman–Crippen LogP) is 4.37. The summed E-state index contributed by atoms with van der Waals surface area (Å²) in [4.78, 5) is 0. The third kappa shape index (κ3) is 8.15. The summed E-state index contributed by atoms with van der Waals surface area (Å²) in [6.07, 6.45) is 3.77. The van der Waals surface area contributed by atoms with Crippen molar-refractivity contribution in [1.82, 2.24) is 0 Å². The summed E-state index contributed by atoms with van der Waals surface area (Å²) in [6, 6.07) is 0. The Morgan fingerprint density at radius 1 is 0.857 bits per heavy atom. The minimum absolute atomic E-state index is 0. The molecule has 0 N–H and O–H groups in total. The molecule has 0 aromatic heterocycles. The molecular weight excluding hydrogens is 268 g/mol. The van der Waals surface area contributed by atoms with Crippen LogP contribution in [0.2, 0.25) is 0 Å². The van der Waals surface area contributed by atoms with Gasteiger partial charge in [0.2, 0.25) is 0 Å². The van der Waals surface area contributed by atoms with Crippen molar-refractivity contribution >= 4 is 0 Å². The fourth-order valence-corrected chi connectivity index (χ4v) is 2.19. The molecule has 21 heavy (non-hydrogen) atoms. The van der Waals surface area contributed by atoms with E-state index in [4.69, 9.17) is 18.9 Å². The normalized spacial score (nSPS) is 27.4. The summed E-state index contributed by atoms with van der Waals surface area (Å²) >= 11 is 0. The molecule has 2 aliphatic heterocycles. The van der Waals surface area contributed by atoms with Crippen LogP contribution in [0.25, 0.3) is 0 Å². The predicted molar refractivity (Wildman–Crippen MR) is 86.3 cm³/mol. The molecule has 0 saturated carbocycles. The minimum atomic E-state index is -0.342. The Hall–Kier alpha value is -0.160. The quantitative estimate of drug-likeness (QED) is 0.776. The van der Waals surface area contributed by atoms with Gasteiger partial charge in [0.25, 0.3) is 0 Å². The second-order valence-corrected chi connectivity index (χ2v) is 6.54. The second-order valence-electron chi connectivity index (χ2n) is 6.54. The molecule has 1 atom stereocenters. The molecule has 128 valence electrons. The Morgan fingerprint density at radius 3 is 1.76 bits per heavy atom. The molecule has 0 amide bonds. The van der Waals surface area contributed by atoms with Crippen LogP contribution in [0.5, 0.6) is 0 Å². The van der Waals surface area contributed by atoms with Gasteiger partial charge in [-0.3, -0.25) is 0 Å². The highest BCUT2D eigenvalue weighted by Crippen LogP contribution is 2.24. The van der Waals surface area contributed by atoms with E-state index in [2.05, 4.69) is 13.8 Å². The fourth-order valence-electron chi connectivity index (χ4n) is 2.19. The lowest BCUT2D eigenvalue weighted by Crippen LogP contribution is -2.38. The molecule has 2 aliphatic rings. The van der Waals surface area contributed by atoms with Crippen LogP contribution in [-0.4, -0.2) is 37.5 Å². The average Bonchev–Trinajstić information content (AvgIpc) is 2.70. The molecule has 1 unspecified atom stereocenters. The van der Waals surface area contributed by atoms with Crippen molar-refractivity contribution in [2.24, 2.45) is 5.92 Å². The van der Waals surface area contributed by atoms with Crippen LogP contribution in [0, 0.1) is 5.92 Å². The van der Waals surface area contributed by atoms with Gasteiger partial charge in [-0.1, -0.05) is 27.7 Å². The van der Waals surface area contributed by atoms with Gasteiger partial charge in [0.15, 0.2) is 11.6 Å². The van der Waals surface area contributed by atoms with E-state index in [1.54, 1.807) is 0 Å². The van der Waals surface area contributed by atoms with Crippen LogP contribution in [0.15, 0.2) is 0 Å². The van der Waals surface area contributed by atoms with Crippen LogP contribution in [0.4, 0.5) is 0 Å². The molecule has 2 rings (SSSR count). The molecule has 0 aromatic carbocycles. The van der Waals surface area contributed by atoms with Crippen molar-refractivity contribution in [2.45, 2.75) is 85.9 Å². The smallest absolute Gasteiger partial charge is 0.163 e. The van der Waals surface area contributed by atoms with Crippen molar-refractivity contribution in [3.63, 3.8) is 0 Å². The first-order valence-electron chi connectivity index (χ1n) is 7.87. The Labute approximate surface area is 131 Å². The van der Waals surface area contributed by atoms with Crippen LogP contribution < -0.4 is 0 Å². The molecule has 2 fully saturated rings. The van der Waals surface area contributed by atoms with Gasteiger partial charge in [0.05, 0.1) is 25.9 Å². The zero-order valence-corrected chi connectivity index (χ0v) is 14.0. The van der Waals surface area contributed by atoms with Crippen LogP contribution in [-0.2, 0) is 18.9 Å². The van der Waals surface area contributed by atoms with Gasteiger partial charge >= 0.3 is 0 Å². The van der Waals surface area contributed by atoms with E-state index in [9.17, 15) is 0 Å². The first-order chi connectivity index (χ1) is 9.28. The topological polar surface area (TPSA) is 36.9 Å². The maximum Gasteiger partial charge on any atom is 0.163 e. The van der Waals surface area contributed by atoms with E-state index in [0.29, 0.717) is 12.0 Å². The van der Waals surface area contributed by atoms with Crippen LogP contribution >= 0.6 is 0 Å². The van der Waals surface area contributed by atoms with E-state index in [0.717, 1.165) is 32.7 Å². The van der Waals surface area contributed by atoms with Gasteiger partial charge in [0, 0.05) is 5.92 Å². The van der Waals surface area contributed by atoms with Crippen LogP contribution in [0.3, 0.4) is 0 Å². The molecule has 0 aliphatic carbocycles. The summed E-state index contributed by atoms with van der Waals surface area (Å²) in [7, 11) is 0. The Kier molecular flexibility index (Phi) is 9.02. The van der Waals surface area contributed by atoms with Gasteiger partial charge in [0.1, 0.15) is 0 Å². The largest absolute Gasteiger partial charge is 0.350 e. The number of ether oxygens (including phenoxy) is 4. The first-order valence-corrected chi connectivity index (χ1v) is 7.87. The van der Waals surface area contributed by atoms with E-state index in [-0.39, 0.29) is 19.0 Å². The van der Waals surface area contributed by atoms with Gasteiger partial charge in [-0.2, -0.15) is 0 Å². The Balaban J connectivity index is 0.000000364. The summed E-state index contributed by atoms with van der Waals surface area (Å²) in [6.45, 7) is 14.6. The molecular formula is C17H36O4. The molecule has 0 bridgehead atoms. The maximum atomic E-state index is 5.57. The molecule has 0 spiro atoms. The van der Waals surface area contributed by atoms with Crippen molar-refractivity contribution < 1.29 is 18.9 Å². The highest BCUT2D eigenvalue weighted by atomic mass is 16.7. The van der Waals surface area contributed by atoms with Crippen molar-refractivity contribution in [3.05, 3.63) is 0 Å².